The van der Waals surface area contributed by atoms with Crippen LogP contribution in [-0.4, -0.2) is 12.6 Å². The third-order valence-electron chi connectivity index (χ3n) is 3.41. The molecular weight excluding hydrogens is 242 g/mol. The van der Waals surface area contributed by atoms with E-state index in [2.05, 4.69) is 30.2 Å². The van der Waals surface area contributed by atoms with E-state index in [9.17, 15) is 0 Å². The van der Waals surface area contributed by atoms with Crippen LogP contribution < -0.4 is 5.73 Å². The summed E-state index contributed by atoms with van der Waals surface area (Å²) in [7, 11) is 0. The molecule has 1 aromatic heterocycles. The van der Waals surface area contributed by atoms with Crippen molar-refractivity contribution in [3.63, 3.8) is 0 Å². The first-order valence-electron chi connectivity index (χ1n) is 6.66. The number of nitrogens with two attached hydrogens (primary N) is 1. The zero-order valence-corrected chi connectivity index (χ0v) is 11.8. The molecule has 0 amide bonds. The van der Waals surface area contributed by atoms with E-state index in [1.807, 2.05) is 0 Å². The van der Waals surface area contributed by atoms with Crippen molar-refractivity contribution in [3.05, 3.63) is 21.9 Å². The van der Waals surface area contributed by atoms with Gasteiger partial charge in [0, 0.05) is 15.8 Å². The first-order valence-corrected chi connectivity index (χ1v) is 7.54. The van der Waals surface area contributed by atoms with Crippen LogP contribution in [-0.2, 0) is 11.3 Å². The minimum Gasteiger partial charge on any atom is -0.373 e. The van der Waals surface area contributed by atoms with Crippen LogP contribution in [0.2, 0.25) is 0 Å². The van der Waals surface area contributed by atoms with Gasteiger partial charge in [0.05, 0.1) is 19.3 Å². The summed E-state index contributed by atoms with van der Waals surface area (Å²) in [6, 6.07) is 2.11. The molecule has 1 heterocycles. The van der Waals surface area contributed by atoms with Gasteiger partial charge in [-0.25, -0.2) is 0 Å². The highest BCUT2D eigenvalue weighted by Crippen LogP contribution is 2.26. The zero-order chi connectivity index (χ0) is 12.8. The van der Waals surface area contributed by atoms with Crippen molar-refractivity contribution in [1.82, 2.24) is 0 Å². The topological polar surface area (TPSA) is 35.2 Å². The van der Waals surface area contributed by atoms with Crippen molar-refractivity contribution in [2.75, 3.05) is 6.54 Å². The van der Waals surface area contributed by atoms with Crippen molar-refractivity contribution in [2.24, 2.45) is 11.7 Å². The highest BCUT2D eigenvalue weighted by atomic mass is 32.1. The minimum atomic E-state index is 0.419. The van der Waals surface area contributed by atoms with Crippen LogP contribution in [0.15, 0.2) is 11.4 Å². The van der Waals surface area contributed by atoms with Crippen molar-refractivity contribution < 1.29 is 4.74 Å². The van der Waals surface area contributed by atoms with Gasteiger partial charge >= 0.3 is 0 Å². The van der Waals surface area contributed by atoms with Gasteiger partial charge in [0.25, 0.3) is 0 Å². The molecule has 0 bridgehead atoms. The Morgan fingerprint density at radius 3 is 2.89 bits per heavy atom. The first kappa shape index (κ1) is 13.6. The molecule has 0 unspecified atom stereocenters. The van der Waals surface area contributed by atoms with E-state index < -0.39 is 0 Å². The standard InChI is InChI=1S/C15H21NOS/c1-12-4-6-14(7-5-12)17-10-15-9-13(11-18-15)3-2-8-16/h9,11-12,14H,4-8,10,16H2,1H3. The summed E-state index contributed by atoms with van der Waals surface area (Å²) >= 11 is 1.72. The zero-order valence-electron chi connectivity index (χ0n) is 10.9. The van der Waals surface area contributed by atoms with Crippen molar-refractivity contribution in [2.45, 2.75) is 45.3 Å². The number of rotatable bonds is 3. The smallest absolute Gasteiger partial charge is 0.0813 e. The SMILES string of the molecule is CC1CCC(OCc2cc(C#CCN)cs2)CC1. The monoisotopic (exact) mass is 263 g/mol. The Morgan fingerprint density at radius 1 is 1.39 bits per heavy atom. The van der Waals surface area contributed by atoms with Gasteiger partial charge in [0.1, 0.15) is 0 Å². The Hall–Kier alpha value is -0.820. The molecule has 3 heteroatoms. The Balaban J connectivity index is 1.78. The summed E-state index contributed by atoms with van der Waals surface area (Å²) in [5.41, 5.74) is 6.41. The van der Waals surface area contributed by atoms with Crippen LogP contribution in [0.25, 0.3) is 0 Å². The molecule has 2 nitrogen and oxygen atoms in total. The van der Waals surface area contributed by atoms with Crippen LogP contribution in [0, 0.1) is 17.8 Å². The Morgan fingerprint density at radius 2 is 2.17 bits per heavy atom. The Bertz CT molecular complexity index is 421. The largest absolute Gasteiger partial charge is 0.373 e. The van der Waals surface area contributed by atoms with Gasteiger partial charge < -0.3 is 10.5 Å². The van der Waals surface area contributed by atoms with E-state index in [0.717, 1.165) is 18.1 Å². The fourth-order valence-electron chi connectivity index (χ4n) is 2.27. The summed E-state index contributed by atoms with van der Waals surface area (Å²) in [6.07, 6.45) is 5.51. The normalized spacial score (nSPS) is 23.4. The number of hydrogen-bond acceptors (Lipinski definition) is 3. The summed E-state index contributed by atoms with van der Waals surface area (Å²) in [6.45, 7) is 3.48. The lowest BCUT2D eigenvalue weighted by molar-refractivity contribution is 0.0100. The second-order valence-corrected chi connectivity index (χ2v) is 6.00. The molecule has 0 spiro atoms. The maximum absolute atomic E-state index is 5.97. The summed E-state index contributed by atoms with van der Waals surface area (Å²) in [4.78, 5) is 1.26. The molecule has 2 N–H and O–H groups in total. The molecule has 18 heavy (non-hydrogen) atoms. The highest BCUT2D eigenvalue weighted by Gasteiger charge is 2.18. The summed E-state index contributed by atoms with van der Waals surface area (Å²) in [5.74, 6) is 6.80. The maximum Gasteiger partial charge on any atom is 0.0813 e. The van der Waals surface area contributed by atoms with Crippen LogP contribution in [0.1, 0.15) is 43.0 Å². The van der Waals surface area contributed by atoms with Gasteiger partial charge in [-0.3, -0.25) is 0 Å². The fraction of sp³-hybridized carbons (Fsp3) is 0.600. The predicted octanol–water partition coefficient (Wildman–Crippen LogP) is 3.15. The molecule has 1 saturated carbocycles. The van der Waals surface area contributed by atoms with Crippen LogP contribution in [0.4, 0.5) is 0 Å². The minimum absolute atomic E-state index is 0.419. The van der Waals surface area contributed by atoms with Crippen LogP contribution >= 0.6 is 11.3 Å². The van der Waals surface area contributed by atoms with Crippen molar-refractivity contribution in [1.29, 1.82) is 0 Å². The van der Waals surface area contributed by atoms with Gasteiger partial charge in [0.15, 0.2) is 0 Å². The Kier molecular flexibility index (Phi) is 5.25. The predicted molar refractivity (Wildman–Crippen MR) is 76.5 cm³/mol. The number of thiophene rings is 1. The average molecular weight is 263 g/mol. The molecule has 1 fully saturated rings. The first-order chi connectivity index (χ1) is 8.78. The van der Waals surface area contributed by atoms with Gasteiger partial charge in [-0.05, 0) is 37.7 Å². The van der Waals surface area contributed by atoms with E-state index in [0.29, 0.717) is 12.6 Å². The van der Waals surface area contributed by atoms with Crippen molar-refractivity contribution >= 4 is 11.3 Å². The van der Waals surface area contributed by atoms with E-state index in [1.165, 1.54) is 30.6 Å². The molecular formula is C15H21NOS. The van der Waals surface area contributed by atoms with Gasteiger partial charge in [0.2, 0.25) is 0 Å². The molecule has 0 saturated heterocycles. The highest BCUT2D eigenvalue weighted by molar-refractivity contribution is 7.10. The van der Waals surface area contributed by atoms with Crippen LogP contribution in [0.5, 0.6) is 0 Å². The lowest BCUT2D eigenvalue weighted by Gasteiger charge is -2.26. The molecule has 2 rings (SSSR count). The van der Waals surface area contributed by atoms with E-state index >= 15 is 0 Å². The summed E-state index contributed by atoms with van der Waals surface area (Å²) < 4.78 is 5.97. The lowest BCUT2D eigenvalue weighted by Crippen LogP contribution is -2.20. The fourth-order valence-corrected chi connectivity index (χ4v) is 3.01. The molecule has 1 aliphatic rings. The average Bonchev–Trinajstić information content (AvgIpc) is 2.84. The number of hydrogen-bond donors (Lipinski definition) is 1. The quantitative estimate of drug-likeness (QED) is 0.850. The van der Waals surface area contributed by atoms with Gasteiger partial charge in [-0.15, -0.1) is 11.3 Å². The van der Waals surface area contributed by atoms with E-state index in [4.69, 9.17) is 10.5 Å². The second-order valence-electron chi connectivity index (χ2n) is 5.00. The molecule has 0 atom stereocenters. The van der Waals surface area contributed by atoms with Gasteiger partial charge in [-0.2, -0.15) is 0 Å². The third-order valence-corrected chi connectivity index (χ3v) is 4.32. The lowest BCUT2D eigenvalue weighted by atomic mass is 9.89. The second kappa shape index (κ2) is 6.94. The Labute approximate surface area is 114 Å². The molecule has 1 aliphatic carbocycles. The molecule has 1 aromatic rings. The van der Waals surface area contributed by atoms with Gasteiger partial charge in [-0.1, -0.05) is 18.8 Å². The third kappa shape index (κ3) is 4.13. The van der Waals surface area contributed by atoms with Crippen molar-refractivity contribution in [3.8, 4) is 11.8 Å². The maximum atomic E-state index is 5.97. The molecule has 98 valence electrons. The molecule has 0 aliphatic heterocycles. The molecule has 0 radical (unpaired) electrons. The molecule has 0 aromatic carbocycles. The summed E-state index contributed by atoms with van der Waals surface area (Å²) in [5, 5.41) is 2.07. The van der Waals surface area contributed by atoms with Crippen LogP contribution in [0.3, 0.4) is 0 Å². The van der Waals surface area contributed by atoms with E-state index in [-0.39, 0.29) is 0 Å². The van der Waals surface area contributed by atoms with E-state index in [1.54, 1.807) is 11.3 Å². The number of ether oxygens (including phenoxy) is 1.